The number of aromatic hydroxyl groups is 1. The van der Waals surface area contributed by atoms with Crippen molar-refractivity contribution in [3.8, 4) is 22.8 Å². The Kier molecular flexibility index (Phi) is 4.45. The summed E-state index contributed by atoms with van der Waals surface area (Å²) in [6.45, 7) is 6.23. The van der Waals surface area contributed by atoms with Crippen LogP contribution in [0.15, 0.2) is 50.0 Å². The largest absolute Gasteiger partial charge is 0.507 e. The molecular formula is C19H20N6O. The second-order valence-electron chi connectivity index (χ2n) is 6.37. The molecule has 3 aromatic heterocycles. The summed E-state index contributed by atoms with van der Waals surface area (Å²) in [6.07, 6.45) is 12.2. The molecule has 132 valence electrons. The fourth-order valence-electron chi connectivity index (χ4n) is 3.18. The van der Waals surface area contributed by atoms with Gasteiger partial charge in [-0.1, -0.05) is 6.58 Å². The topological polar surface area (TPSA) is 88.8 Å². The molecule has 0 aromatic carbocycles. The average molecular weight is 348 g/mol. The Bertz CT molecular complexity index is 898. The zero-order chi connectivity index (χ0) is 17.9. The van der Waals surface area contributed by atoms with Crippen molar-refractivity contribution in [3.63, 3.8) is 0 Å². The molecule has 26 heavy (non-hydrogen) atoms. The summed E-state index contributed by atoms with van der Waals surface area (Å²) in [6, 6.07) is 1.58. The van der Waals surface area contributed by atoms with Crippen molar-refractivity contribution in [2.24, 2.45) is 5.92 Å². The van der Waals surface area contributed by atoms with E-state index in [1.165, 1.54) is 0 Å². The van der Waals surface area contributed by atoms with Crippen LogP contribution in [0.25, 0.3) is 22.6 Å². The fraction of sp³-hybridized carbons (Fsp3) is 0.263. The first-order valence-electron chi connectivity index (χ1n) is 8.62. The number of nitrogens with one attached hydrogen (secondary N) is 1. The SMILES string of the molecule is C=C(c1cnc(-c2cnc(-n3ccnc3)cc2O)cn1)C1CCNCC1. The Morgan fingerprint density at radius 2 is 2.00 bits per heavy atom. The minimum absolute atomic E-state index is 0.0999. The van der Waals surface area contributed by atoms with Gasteiger partial charge in [0.2, 0.25) is 0 Å². The summed E-state index contributed by atoms with van der Waals surface area (Å²) < 4.78 is 1.72. The van der Waals surface area contributed by atoms with Crippen LogP contribution in [0.2, 0.25) is 0 Å². The second kappa shape index (κ2) is 7.05. The van der Waals surface area contributed by atoms with Gasteiger partial charge in [-0.2, -0.15) is 0 Å². The Morgan fingerprint density at radius 3 is 2.65 bits per heavy atom. The van der Waals surface area contributed by atoms with Gasteiger partial charge in [-0.3, -0.25) is 14.5 Å². The van der Waals surface area contributed by atoms with Crippen molar-refractivity contribution in [2.45, 2.75) is 12.8 Å². The smallest absolute Gasteiger partial charge is 0.141 e. The zero-order valence-electron chi connectivity index (χ0n) is 14.3. The summed E-state index contributed by atoms with van der Waals surface area (Å²) in [5.41, 5.74) is 2.96. The standard InChI is InChI=1S/C19H20N6O/c1-13(14-2-4-20-5-3-14)16-10-23-17(11-22-16)15-9-24-19(8-18(15)26)25-7-6-21-12-25/h6-12,14,20H,1-5H2,(H,24,26). The van der Waals surface area contributed by atoms with Gasteiger partial charge in [0.15, 0.2) is 0 Å². The highest BCUT2D eigenvalue weighted by molar-refractivity contribution is 5.68. The highest BCUT2D eigenvalue weighted by Crippen LogP contribution is 2.30. The number of rotatable bonds is 4. The van der Waals surface area contributed by atoms with Crippen molar-refractivity contribution in [3.05, 3.63) is 55.7 Å². The highest BCUT2D eigenvalue weighted by Gasteiger charge is 2.18. The summed E-state index contributed by atoms with van der Waals surface area (Å²) in [5.74, 6) is 1.14. The maximum absolute atomic E-state index is 10.4. The minimum atomic E-state index is 0.0999. The van der Waals surface area contributed by atoms with Gasteiger partial charge in [0.25, 0.3) is 0 Å². The number of aromatic nitrogens is 5. The van der Waals surface area contributed by atoms with Crippen LogP contribution < -0.4 is 5.32 Å². The molecule has 1 aliphatic rings. The lowest BCUT2D eigenvalue weighted by atomic mass is 9.89. The molecule has 7 heteroatoms. The molecule has 2 N–H and O–H groups in total. The van der Waals surface area contributed by atoms with Gasteiger partial charge in [-0.15, -0.1) is 0 Å². The highest BCUT2D eigenvalue weighted by atomic mass is 16.3. The third-order valence-electron chi connectivity index (χ3n) is 4.73. The van der Waals surface area contributed by atoms with Crippen molar-refractivity contribution < 1.29 is 5.11 Å². The van der Waals surface area contributed by atoms with Gasteiger partial charge in [0, 0.05) is 24.7 Å². The molecule has 1 aliphatic heterocycles. The Hall–Kier alpha value is -3.06. The Morgan fingerprint density at radius 1 is 1.15 bits per heavy atom. The third kappa shape index (κ3) is 3.21. The number of hydrogen-bond acceptors (Lipinski definition) is 6. The Labute approximate surface area is 151 Å². The lowest BCUT2D eigenvalue weighted by molar-refractivity contribution is 0.446. The maximum atomic E-state index is 10.4. The first-order valence-corrected chi connectivity index (χ1v) is 8.62. The van der Waals surface area contributed by atoms with Gasteiger partial charge < -0.3 is 10.4 Å². The number of allylic oxidation sites excluding steroid dienone is 1. The summed E-state index contributed by atoms with van der Waals surface area (Å²) in [7, 11) is 0. The molecule has 0 unspecified atom stereocenters. The lowest BCUT2D eigenvalue weighted by Crippen LogP contribution is -2.28. The van der Waals surface area contributed by atoms with Crippen molar-refractivity contribution >= 4 is 5.57 Å². The van der Waals surface area contributed by atoms with Crippen LogP contribution in [0.3, 0.4) is 0 Å². The van der Waals surface area contributed by atoms with Crippen molar-refractivity contribution in [2.75, 3.05) is 13.1 Å². The monoisotopic (exact) mass is 348 g/mol. The number of pyridine rings is 1. The molecule has 1 fully saturated rings. The predicted octanol–water partition coefficient (Wildman–Crippen LogP) is 2.44. The van der Waals surface area contributed by atoms with Gasteiger partial charge in [0.1, 0.15) is 17.9 Å². The molecule has 3 aromatic rings. The van der Waals surface area contributed by atoms with Crippen LogP contribution in [0, 0.1) is 5.92 Å². The van der Waals surface area contributed by atoms with E-state index < -0.39 is 0 Å². The van der Waals surface area contributed by atoms with Crippen LogP contribution >= 0.6 is 0 Å². The quantitative estimate of drug-likeness (QED) is 0.753. The Balaban J connectivity index is 1.56. The molecule has 0 aliphatic carbocycles. The molecule has 0 saturated carbocycles. The molecule has 7 nitrogen and oxygen atoms in total. The molecule has 0 spiro atoms. The van der Waals surface area contributed by atoms with Crippen LogP contribution in [-0.2, 0) is 0 Å². The average Bonchev–Trinajstić information content (AvgIpc) is 3.23. The van der Waals surface area contributed by atoms with Crippen LogP contribution in [0.4, 0.5) is 0 Å². The summed E-state index contributed by atoms with van der Waals surface area (Å²) in [4.78, 5) is 17.3. The zero-order valence-corrected chi connectivity index (χ0v) is 14.3. The van der Waals surface area contributed by atoms with E-state index in [0.717, 1.165) is 37.2 Å². The van der Waals surface area contributed by atoms with E-state index in [9.17, 15) is 5.11 Å². The van der Waals surface area contributed by atoms with Crippen molar-refractivity contribution in [1.82, 2.24) is 29.8 Å². The predicted molar refractivity (Wildman–Crippen MR) is 98.7 cm³/mol. The maximum Gasteiger partial charge on any atom is 0.141 e. The van der Waals surface area contributed by atoms with Gasteiger partial charge in [-0.25, -0.2) is 9.97 Å². The molecule has 1 saturated heterocycles. The molecule has 4 rings (SSSR count). The molecule has 4 heterocycles. The van der Waals surface area contributed by atoms with Gasteiger partial charge in [-0.05, 0) is 37.4 Å². The van der Waals surface area contributed by atoms with Crippen molar-refractivity contribution in [1.29, 1.82) is 0 Å². The number of imidazole rings is 1. The van der Waals surface area contributed by atoms with E-state index >= 15 is 0 Å². The van der Waals surface area contributed by atoms with Crippen LogP contribution in [0.1, 0.15) is 18.5 Å². The van der Waals surface area contributed by atoms with E-state index in [-0.39, 0.29) is 5.75 Å². The van der Waals surface area contributed by atoms with Gasteiger partial charge >= 0.3 is 0 Å². The van der Waals surface area contributed by atoms with Gasteiger partial charge in [0.05, 0.1) is 29.3 Å². The van der Waals surface area contributed by atoms with Crippen LogP contribution in [0.5, 0.6) is 5.75 Å². The van der Waals surface area contributed by atoms with Crippen LogP contribution in [-0.4, -0.2) is 42.7 Å². The molecule has 0 amide bonds. The normalized spacial score (nSPS) is 15.1. The summed E-state index contributed by atoms with van der Waals surface area (Å²) in [5, 5.41) is 13.7. The van der Waals surface area contributed by atoms with E-state index in [1.807, 2.05) is 0 Å². The first kappa shape index (κ1) is 16.4. The number of hydrogen-bond donors (Lipinski definition) is 2. The fourth-order valence-corrected chi connectivity index (χ4v) is 3.18. The second-order valence-corrected chi connectivity index (χ2v) is 6.37. The molecular weight excluding hydrogens is 328 g/mol. The molecule has 0 bridgehead atoms. The number of nitrogens with zero attached hydrogens (tertiary/aromatic N) is 5. The third-order valence-corrected chi connectivity index (χ3v) is 4.73. The first-order chi connectivity index (χ1) is 12.7. The summed E-state index contributed by atoms with van der Waals surface area (Å²) >= 11 is 0. The lowest BCUT2D eigenvalue weighted by Gasteiger charge is -2.24. The van der Waals surface area contributed by atoms with E-state index in [2.05, 4.69) is 31.8 Å². The van der Waals surface area contributed by atoms with E-state index in [1.54, 1.807) is 47.9 Å². The number of piperidine rings is 1. The van der Waals surface area contributed by atoms with E-state index in [0.29, 0.717) is 23.0 Å². The molecule has 0 radical (unpaired) electrons. The van der Waals surface area contributed by atoms with E-state index in [4.69, 9.17) is 0 Å². The molecule has 0 atom stereocenters. The minimum Gasteiger partial charge on any atom is -0.507 e.